The van der Waals surface area contributed by atoms with Crippen LogP contribution in [0, 0.1) is 5.82 Å². The smallest absolute Gasteiger partial charge is 0.244 e. The molecule has 0 spiro atoms. The molecular weight excluding hydrogens is 415 g/mol. The number of thiazole rings is 1. The Bertz CT molecular complexity index is 956. The number of hydrogen-bond acceptors (Lipinski definition) is 6. The van der Waals surface area contributed by atoms with Crippen molar-refractivity contribution in [3.8, 4) is 0 Å². The van der Waals surface area contributed by atoms with Gasteiger partial charge in [-0.05, 0) is 25.5 Å². The third-order valence-corrected chi connectivity index (χ3v) is 7.42. The Hall–Kier alpha value is -1.88. The molecule has 1 aliphatic heterocycles. The van der Waals surface area contributed by atoms with E-state index in [4.69, 9.17) is 0 Å². The van der Waals surface area contributed by atoms with Crippen molar-refractivity contribution in [2.24, 2.45) is 0 Å². The first-order valence-electron chi connectivity index (χ1n) is 9.51. The van der Waals surface area contributed by atoms with E-state index in [1.807, 2.05) is 0 Å². The van der Waals surface area contributed by atoms with Crippen molar-refractivity contribution in [2.45, 2.75) is 37.8 Å². The van der Waals surface area contributed by atoms with E-state index in [2.05, 4.69) is 26.9 Å². The molecule has 1 aromatic carbocycles. The fraction of sp³-hybridized carbons (Fsp3) is 0.474. The molecule has 158 valence electrons. The minimum atomic E-state index is -4.12. The number of rotatable bonds is 7. The molecule has 0 unspecified atom stereocenters. The predicted octanol–water partition coefficient (Wildman–Crippen LogP) is 1.86. The van der Waals surface area contributed by atoms with Crippen molar-refractivity contribution in [1.29, 1.82) is 0 Å². The lowest BCUT2D eigenvalue weighted by molar-refractivity contribution is -0.134. The summed E-state index contributed by atoms with van der Waals surface area (Å²) < 4.78 is 40.9. The number of nitrogens with one attached hydrogen (secondary N) is 1. The zero-order valence-electron chi connectivity index (χ0n) is 16.5. The van der Waals surface area contributed by atoms with Crippen molar-refractivity contribution in [2.75, 3.05) is 26.2 Å². The molecule has 29 heavy (non-hydrogen) atoms. The maximum absolute atomic E-state index is 13.8. The molecule has 0 aliphatic carbocycles. The number of piperazine rings is 1. The van der Waals surface area contributed by atoms with Crippen LogP contribution < -0.4 is 4.72 Å². The summed E-state index contributed by atoms with van der Waals surface area (Å²) in [4.78, 5) is 20.7. The van der Waals surface area contributed by atoms with Crippen LogP contribution in [-0.2, 0) is 27.8 Å². The molecule has 2 heterocycles. The van der Waals surface area contributed by atoms with Crippen molar-refractivity contribution in [1.82, 2.24) is 19.5 Å². The van der Waals surface area contributed by atoms with Crippen molar-refractivity contribution < 1.29 is 17.6 Å². The van der Waals surface area contributed by atoms with Gasteiger partial charge in [0.05, 0.1) is 16.7 Å². The van der Waals surface area contributed by atoms with Crippen LogP contribution >= 0.6 is 11.3 Å². The summed E-state index contributed by atoms with van der Waals surface area (Å²) in [5.41, 5.74) is 1.04. The molecule has 1 aliphatic rings. The number of hydrogen-bond donors (Lipinski definition) is 1. The molecule has 1 N–H and O–H groups in total. The standard InChI is InChI=1S/C19H25FN4O3S2/c1-3-18-21-15(13-28-18)12-23-8-10-24(11-9-23)19(25)14(2)22-29(26,27)17-7-5-4-6-16(17)20/h4-7,13-14,22H,3,8-12H2,1-2H3/t14-/m0/s1. The molecule has 10 heteroatoms. The average Bonchev–Trinajstić information content (AvgIpc) is 3.15. The topological polar surface area (TPSA) is 82.6 Å². The van der Waals surface area contributed by atoms with Gasteiger partial charge in [-0.25, -0.2) is 17.8 Å². The van der Waals surface area contributed by atoms with E-state index < -0.39 is 26.8 Å². The van der Waals surface area contributed by atoms with Crippen LogP contribution in [0.15, 0.2) is 34.5 Å². The summed E-state index contributed by atoms with van der Waals surface area (Å²) in [5, 5.41) is 3.18. The van der Waals surface area contributed by atoms with Gasteiger partial charge < -0.3 is 4.90 Å². The number of aromatic nitrogens is 1. The van der Waals surface area contributed by atoms with Crippen LogP contribution in [0.4, 0.5) is 4.39 Å². The Labute approximate surface area is 174 Å². The molecule has 0 saturated carbocycles. The first kappa shape index (κ1) is 21.8. The van der Waals surface area contributed by atoms with E-state index in [0.717, 1.165) is 29.7 Å². The normalized spacial score (nSPS) is 16.7. The van der Waals surface area contributed by atoms with Gasteiger partial charge in [0.1, 0.15) is 10.7 Å². The summed E-state index contributed by atoms with van der Waals surface area (Å²) in [5.74, 6) is -1.16. The van der Waals surface area contributed by atoms with E-state index in [9.17, 15) is 17.6 Å². The highest BCUT2D eigenvalue weighted by molar-refractivity contribution is 7.89. The minimum absolute atomic E-state index is 0.313. The largest absolute Gasteiger partial charge is 0.339 e. The Morgan fingerprint density at radius 2 is 1.97 bits per heavy atom. The molecule has 1 amide bonds. The maximum Gasteiger partial charge on any atom is 0.244 e. The number of carbonyl (C=O) groups is 1. The van der Waals surface area contributed by atoms with Gasteiger partial charge in [0.15, 0.2) is 0 Å². The van der Waals surface area contributed by atoms with Gasteiger partial charge in [-0.1, -0.05) is 19.1 Å². The highest BCUT2D eigenvalue weighted by atomic mass is 32.2. The molecule has 7 nitrogen and oxygen atoms in total. The lowest BCUT2D eigenvalue weighted by atomic mass is 10.2. The first-order valence-corrected chi connectivity index (χ1v) is 11.9. The first-order chi connectivity index (χ1) is 13.8. The maximum atomic E-state index is 13.8. The molecule has 1 aromatic heterocycles. The van der Waals surface area contributed by atoms with Gasteiger partial charge in [-0.15, -0.1) is 11.3 Å². The number of benzene rings is 1. The molecule has 0 bridgehead atoms. The molecule has 1 fully saturated rings. The van der Waals surface area contributed by atoms with E-state index in [1.165, 1.54) is 25.1 Å². The van der Waals surface area contributed by atoms with Gasteiger partial charge in [0.25, 0.3) is 0 Å². The van der Waals surface area contributed by atoms with E-state index in [0.29, 0.717) is 26.2 Å². The fourth-order valence-corrected chi connectivity index (χ4v) is 5.23. The number of amides is 1. The predicted molar refractivity (Wildman–Crippen MR) is 110 cm³/mol. The number of halogens is 1. The lowest BCUT2D eigenvalue weighted by Gasteiger charge is -2.35. The van der Waals surface area contributed by atoms with Gasteiger partial charge in [-0.2, -0.15) is 4.72 Å². The van der Waals surface area contributed by atoms with Gasteiger partial charge >= 0.3 is 0 Å². The fourth-order valence-electron chi connectivity index (χ4n) is 3.22. The summed E-state index contributed by atoms with van der Waals surface area (Å²) in [7, 11) is -4.12. The lowest BCUT2D eigenvalue weighted by Crippen LogP contribution is -2.53. The third-order valence-electron chi connectivity index (χ3n) is 4.80. The van der Waals surface area contributed by atoms with Crippen molar-refractivity contribution >= 4 is 27.3 Å². The minimum Gasteiger partial charge on any atom is -0.339 e. The van der Waals surface area contributed by atoms with Crippen LogP contribution in [0.3, 0.4) is 0 Å². The monoisotopic (exact) mass is 440 g/mol. The second-order valence-electron chi connectivity index (χ2n) is 6.96. The SMILES string of the molecule is CCc1nc(CN2CCN(C(=O)[C@H](C)NS(=O)(=O)c3ccccc3F)CC2)cs1. The second-order valence-corrected chi connectivity index (χ2v) is 9.59. The quantitative estimate of drug-likeness (QED) is 0.711. The molecule has 3 rings (SSSR count). The zero-order chi connectivity index (χ0) is 21.0. The van der Waals surface area contributed by atoms with E-state index in [-0.39, 0.29) is 5.91 Å². The van der Waals surface area contributed by atoms with Crippen LogP contribution in [0.1, 0.15) is 24.5 Å². The summed E-state index contributed by atoms with van der Waals surface area (Å²) in [6.45, 7) is 6.71. The van der Waals surface area contributed by atoms with Gasteiger partial charge in [-0.3, -0.25) is 9.69 Å². The Morgan fingerprint density at radius 1 is 1.28 bits per heavy atom. The Balaban J connectivity index is 1.54. The highest BCUT2D eigenvalue weighted by Gasteiger charge is 2.29. The molecule has 2 aromatic rings. The summed E-state index contributed by atoms with van der Waals surface area (Å²) >= 11 is 1.66. The van der Waals surface area contributed by atoms with Crippen molar-refractivity contribution in [3.63, 3.8) is 0 Å². The molecule has 0 radical (unpaired) electrons. The Kier molecular flexibility index (Phi) is 6.99. The highest BCUT2D eigenvalue weighted by Crippen LogP contribution is 2.16. The number of nitrogens with zero attached hydrogens (tertiary/aromatic N) is 3. The van der Waals surface area contributed by atoms with Gasteiger partial charge in [0.2, 0.25) is 15.9 Å². The number of aryl methyl sites for hydroxylation is 1. The van der Waals surface area contributed by atoms with Crippen molar-refractivity contribution in [3.05, 3.63) is 46.2 Å². The molecule has 1 saturated heterocycles. The zero-order valence-corrected chi connectivity index (χ0v) is 18.1. The van der Waals surface area contributed by atoms with Gasteiger partial charge in [0, 0.05) is 38.1 Å². The van der Waals surface area contributed by atoms with Crippen LogP contribution in [0.2, 0.25) is 0 Å². The third kappa shape index (κ3) is 5.39. The van der Waals surface area contributed by atoms with E-state index >= 15 is 0 Å². The Morgan fingerprint density at radius 3 is 2.59 bits per heavy atom. The second kappa shape index (κ2) is 9.29. The average molecular weight is 441 g/mol. The van der Waals surface area contributed by atoms with Crippen LogP contribution in [0.25, 0.3) is 0 Å². The molecule has 1 atom stereocenters. The summed E-state index contributed by atoms with van der Waals surface area (Å²) in [6, 6.07) is 4.13. The van der Waals surface area contributed by atoms with E-state index in [1.54, 1.807) is 16.2 Å². The van der Waals surface area contributed by atoms with Crippen LogP contribution in [0.5, 0.6) is 0 Å². The number of sulfonamides is 1. The number of carbonyl (C=O) groups excluding carboxylic acids is 1. The summed E-state index contributed by atoms with van der Waals surface area (Å²) in [6.07, 6.45) is 0.924. The van der Waals surface area contributed by atoms with Crippen LogP contribution in [-0.4, -0.2) is 61.3 Å². The molecular formula is C19H25FN4O3S2.